The van der Waals surface area contributed by atoms with Crippen molar-refractivity contribution in [3.05, 3.63) is 29.3 Å². The fourth-order valence-corrected chi connectivity index (χ4v) is 2.07. The molecule has 1 aliphatic carbocycles. The zero-order valence-corrected chi connectivity index (χ0v) is 10.5. The third-order valence-corrected chi connectivity index (χ3v) is 3.73. The molecular weight excluding hydrogens is 214 g/mol. The van der Waals surface area contributed by atoms with E-state index >= 15 is 0 Å². The molecule has 1 aliphatic rings. The number of benzene rings is 1. The Labute approximate surface area is 102 Å². The van der Waals surface area contributed by atoms with Crippen LogP contribution in [0.15, 0.2) is 18.2 Å². The third kappa shape index (κ3) is 2.79. The van der Waals surface area contributed by atoms with E-state index in [0.29, 0.717) is 5.75 Å². The number of hydrogen-bond donors (Lipinski definition) is 3. The highest BCUT2D eigenvalue weighted by Crippen LogP contribution is 2.44. The number of aryl methyl sites for hydroxylation is 1. The largest absolute Gasteiger partial charge is 0.508 e. The van der Waals surface area contributed by atoms with Gasteiger partial charge in [-0.1, -0.05) is 12.1 Å². The first-order valence-corrected chi connectivity index (χ1v) is 6.20. The predicted molar refractivity (Wildman–Crippen MR) is 68.0 cm³/mol. The van der Waals surface area contributed by atoms with E-state index in [4.69, 9.17) is 0 Å². The van der Waals surface area contributed by atoms with Crippen LogP contribution < -0.4 is 5.32 Å². The van der Waals surface area contributed by atoms with Crippen molar-refractivity contribution in [2.24, 2.45) is 5.41 Å². The first-order valence-electron chi connectivity index (χ1n) is 6.20. The summed E-state index contributed by atoms with van der Waals surface area (Å²) < 4.78 is 0. The molecule has 94 valence electrons. The molecule has 0 amide bonds. The molecule has 1 unspecified atom stereocenters. The van der Waals surface area contributed by atoms with Gasteiger partial charge >= 0.3 is 0 Å². The van der Waals surface area contributed by atoms with Crippen LogP contribution in [0.2, 0.25) is 0 Å². The Kier molecular flexibility index (Phi) is 3.40. The van der Waals surface area contributed by atoms with Gasteiger partial charge in [0.2, 0.25) is 0 Å². The summed E-state index contributed by atoms with van der Waals surface area (Å²) in [7, 11) is 0. The Bertz CT molecular complexity index is 399. The van der Waals surface area contributed by atoms with Gasteiger partial charge in [0.25, 0.3) is 0 Å². The SMILES string of the molecule is Cc1ccc(C(C)NCC2(CO)CC2)c(O)c1. The van der Waals surface area contributed by atoms with Crippen LogP contribution in [-0.2, 0) is 0 Å². The Balaban J connectivity index is 1.97. The lowest BCUT2D eigenvalue weighted by atomic mass is 10.0. The van der Waals surface area contributed by atoms with Crippen LogP contribution in [-0.4, -0.2) is 23.4 Å². The van der Waals surface area contributed by atoms with E-state index in [1.165, 1.54) is 0 Å². The summed E-state index contributed by atoms with van der Waals surface area (Å²) in [6, 6.07) is 5.86. The van der Waals surface area contributed by atoms with Gasteiger partial charge < -0.3 is 15.5 Å². The quantitative estimate of drug-likeness (QED) is 0.732. The summed E-state index contributed by atoms with van der Waals surface area (Å²) in [5.74, 6) is 0.346. The van der Waals surface area contributed by atoms with Gasteiger partial charge in [-0.25, -0.2) is 0 Å². The van der Waals surface area contributed by atoms with Gasteiger partial charge in [0.15, 0.2) is 0 Å². The summed E-state index contributed by atoms with van der Waals surface area (Å²) in [6.45, 7) is 5.08. The number of phenolic OH excluding ortho intramolecular Hbond substituents is 1. The maximum atomic E-state index is 9.87. The smallest absolute Gasteiger partial charge is 0.120 e. The molecule has 1 saturated carbocycles. The average molecular weight is 235 g/mol. The maximum Gasteiger partial charge on any atom is 0.120 e. The average Bonchev–Trinajstić information content (AvgIpc) is 3.07. The molecular formula is C14H21NO2. The molecule has 0 heterocycles. The van der Waals surface area contributed by atoms with Crippen molar-refractivity contribution < 1.29 is 10.2 Å². The number of phenols is 1. The number of rotatable bonds is 5. The Morgan fingerprint density at radius 1 is 1.41 bits per heavy atom. The Morgan fingerprint density at radius 2 is 2.12 bits per heavy atom. The maximum absolute atomic E-state index is 9.87. The van der Waals surface area contributed by atoms with E-state index in [1.54, 1.807) is 6.07 Å². The van der Waals surface area contributed by atoms with Crippen molar-refractivity contribution in [2.75, 3.05) is 13.2 Å². The fourth-order valence-electron chi connectivity index (χ4n) is 2.07. The molecule has 0 aromatic heterocycles. The topological polar surface area (TPSA) is 52.5 Å². The van der Waals surface area contributed by atoms with Gasteiger partial charge in [-0.3, -0.25) is 0 Å². The fraction of sp³-hybridized carbons (Fsp3) is 0.571. The number of nitrogens with one attached hydrogen (secondary N) is 1. The molecule has 1 atom stereocenters. The van der Waals surface area contributed by atoms with Crippen molar-refractivity contribution in [3.8, 4) is 5.75 Å². The van der Waals surface area contributed by atoms with Crippen molar-refractivity contribution in [2.45, 2.75) is 32.7 Å². The standard InChI is InChI=1S/C14H21NO2/c1-10-3-4-12(13(17)7-10)11(2)15-8-14(9-16)5-6-14/h3-4,7,11,15-17H,5-6,8-9H2,1-2H3. The first kappa shape index (κ1) is 12.4. The highest BCUT2D eigenvalue weighted by molar-refractivity contribution is 5.37. The van der Waals surface area contributed by atoms with Crippen LogP contribution in [0.5, 0.6) is 5.75 Å². The van der Waals surface area contributed by atoms with E-state index < -0.39 is 0 Å². The van der Waals surface area contributed by atoms with Gasteiger partial charge in [-0.15, -0.1) is 0 Å². The highest BCUT2D eigenvalue weighted by Gasteiger charge is 2.41. The second kappa shape index (κ2) is 4.67. The zero-order valence-electron chi connectivity index (χ0n) is 10.5. The number of aliphatic hydroxyl groups excluding tert-OH is 1. The molecule has 0 bridgehead atoms. The van der Waals surface area contributed by atoms with Crippen LogP contribution in [0, 0.1) is 12.3 Å². The van der Waals surface area contributed by atoms with Crippen LogP contribution in [0.4, 0.5) is 0 Å². The van der Waals surface area contributed by atoms with Crippen LogP contribution in [0.1, 0.15) is 36.9 Å². The lowest BCUT2D eigenvalue weighted by Gasteiger charge is -2.19. The molecule has 3 heteroatoms. The normalized spacial score (nSPS) is 19.0. The molecule has 0 saturated heterocycles. The van der Waals surface area contributed by atoms with E-state index in [0.717, 1.165) is 30.5 Å². The molecule has 17 heavy (non-hydrogen) atoms. The molecule has 0 radical (unpaired) electrons. The Morgan fingerprint density at radius 3 is 2.65 bits per heavy atom. The molecule has 3 N–H and O–H groups in total. The van der Waals surface area contributed by atoms with E-state index in [-0.39, 0.29) is 18.1 Å². The predicted octanol–water partition coefficient (Wildman–Crippen LogP) is 2.12. The third-order valence-electron chi connectivity index (χ3n) is 3.73. The molecule has 0 spiro atoms. The van der Waals surface area contributed by atoms with Crippen molar-refractivity contribution in [1.82, 2.24) is 5.32 Å². The minimum atomic E-state index is 0.106. The summed E-state index contributed by atoms with van der Waals surface area (Å²) in [5, 5.41) is 22.5. The van der Waals surface area contributed by atoms with Crippen molar-refractivity contribution >= 4 is 0 Å². The number of hydrogen-bond acceptors (Lipinski definition) is 3. The highest BCUT2D eigenvalue weighted by atomic mass is 16.3. The summed E-state index contributed by atoms with van der Waals surface area (Å²) in [6.07, 6.45) is 2.20. The molecule has 0 aliphatic heterocycles. The van der Waals surface area contributed by atoms with Crippen molar-refractivity contribution in [3.63, 3.8) is 0 Å². The lowest BCUT2D eigenvalue weighted by Crippen LogP contribution is -2.28. The van der Waals surface area contributed by atoms with Gasteiger partial charge in [0.1, 0.15) is 5.75 Å². The number of aromatic hydroxyl groups is 1. The van der Waals surface area contributed by atoms with Crippen LogP contribution in [0.25, 0.3) is 0 Å². The monoisotopic (exact) mass is 235 g/mol. The Hall–Kier alpha value is -1.06. The van der Waals surface area contributed by atoms with Crippen molar-refractivity contribution in [1.29, 1.82) is 0 Å². The van der Waals surface area contributed by atoms with Gasteiger partial charge in [-0.2, -0.15) is 0 Å². The molecule has 1 aromatic rings. The first-order chi connectivity index (χ1) is 8.06. The second-order valence-electron chi connectivity index (χ2n) is 5.32. The molecule has 1 aromatic carbocycles. The zero-order chi connectivity index (χ0) is 12.5. The van der Waals surface area contributed by atoms with E-state index in [9.17, 15) is 10.2 Å². The number of aliphatic hydroxyl groups is 1. The molecule has 3 nitrogen and oxygen atoms in total. The van der Waals surface area contributed by atoms with Crippen LogP contribution >= 0.6 is 0 Å². The van der Waals surface area contributed by atoms with Gasteiger partial charge in [0.05, 0.1) is 0 Å². The minimum absolute atomic E-state index is 0.106. The van der Waals surface area contributed by atoms with Gasteiger partial charge in [0, 0.05) is 30.2 Å². The molecule has 1 fully saturated rings. The van der Waals surface area contributed by atoms with Crippen LogP contribution in [0.3, 0.4) is 0 Å². The van der Waals surface area contributed by atoms with E-state index in [1.807, 2.05) is 26.0 Å². The minimum Gasteiger partial charge on any atom is -0.508 e. The van der Waals surface area contributed by atoms with Gasteiger partial charge in [-0.05, 0) is 38.3 Å². The van der Waals surface area contributed by atoms with E-state index in [2.05, 4.69) is 5.32 Å². The molecule has 2 rings (SSSR count). The lowest BCUT2D eigenvalue weighted by molar-refractivity contribution is 0.204. The summed E-state index contributed by atoms with van der Waals surface area (Å²) in [4.78, 5) is 0. The summed E-state index contributed by atoms with van der Waals surface area (Å²) >= 11 is 0. The summed E-state index contributed by atoms with van der Waals surface area (Å²) in [5.41, 5.74) is 2.09. The second-order valence-corrected chi connectivity index (χ2v) is 5.32.